The fourth-order valence-electron chi connectivity index (χ4n) is 2.25. The maximum absolute atomic E-state index is 12.7. The fraction of sp³-hybridized carbons (Fsp3) is 0.0625. The second-order valence-electron chi connectivity index (χ2n) is 4.91. The van der Waals surface area contributed by atoms with Gasteiger partial charge in [0.2, 0.25) is 0 Å². The molecule has 0 saturated carbocycles. The van der Waals surface area contributed by atoms with Gasteiger partial charge in [-0.2, -0.15) is 0 Å². The van der Waals surface area contributed by atoms with Crippen molar-refractivity contribution < 1.29 is 13.2 Å². The molecule has 2 aromatic carbocycles. The maximum atomic E-state index is 12.7. The van der Waals surface area contributed by atoms with Gasteiger partial charge in [-0.25, -0.2) is 8.42 Å². The van der Waals surface area contributed by atoms with Gasteiger partial charge in [-0.1, -0.05) is 41.4 Å². The highest BCUT2D eigenvalue weighted by atomic mass is 35.5. The molecule has 0 amide bonds. The van der Waals surface area contributed by atoms with Crippen molar-refractivity contribution in [1.29, 1.82) is 0 Å². The molecule has 8 heteroatoms. The number of nitrogens with zero attached hydrogens (tertiary/aromatic N) is 1. The van der Waals surface area contributed by atoms with Crippen LogP contribution in [0.5, 0.6) is 5.75 Å². The first kappa shape index (κ1) is 16.8. The monoisotopic (exact) mass is 382 g/mol. The Bertz CT molecular complexity index is 1020. The SMILES string of the molecule is COc1c(S(=O)(=O)Nc2cnc3ccccc3c2)ccc(Cl)c1Cl. The number of sulfonamides is 1. The number of hydrogen-bond acceptors (Lipinski definition) is 4. The number of nitrogens with one attached hydrogen (secondary N) is 1. The van der Waals surface area contributed by atoms with E-state index in [1.165, 1.54) is 25.4 Å². The van der Waals surface area contributed by atoms with E-state index in [-0.39, 0.29) is 20.7 Å². The third kappa shape index (κ3) is 3.13. The summed E-state index contributed by atoms with van der Waals surface area (Å²) in [7, 11) is -2.59. The largest absolute Gasteiger partial charge is 0.494 e. The van der Waals surface area contributed by atoms with Gasteiger partial charge >= 0.3 is 0 Å². The smallest absolute Gasteiger partial charge is 0.265 e. The fourth-order valence-corrected chi connectivity index (χ4v) is 3.91. The Kier molecular flexibility index (Phi) is 4.54. The summed E-state index contributed by atoms with van der Waals surface area (Å²) in [6.07, 6.45) is 1.45. The van der Waals surface area contributed by atoms with Gasteiger partial charge < -0.3 is 4.74 Å². The number of aromatic nitrogens is 1. The average molecular weight is 383 g/mol. The number of methoxy groups -OCH3 is 1. The third-order valence-electron chi connectivity index (χ3n) is 3.35. The number of ether oxygens (including phenoxy) is 1. The van der Waals surface area contributed by atoms with Crippen molar-refractivity contribution >= 4 is 49.8 Å². The maximum Gasteiger partial charge on any atom is 0.265 e. The van der Waals surface area contributed by atoms with Crippen LogP contribution in [0.2, 0.25) is 10.0 Å². The molecule has 24 heavy (non-hydrogen) atoms. The Morgan fingerprint density at radius 1 is 1.12 bits per heavy atom. The zero-order valence-electron chi connectivity index (χ0n) is 12.5. The van der Waals surface area contributed by atoms with E-state index in [9.17, 15) is 8.42 Å². The lowest BCUT2D eigenvalue weighted by atomic mass is 10.2. The van der Waals surface area contributed by atoms with E-state index in [1.54, 1.807) is 6.07 Å². The van der Waals surface area contributed by atoms with Crippen LogP contribution in [0.3, 0.4) is 0 Å². The predicted molar refractivity (Wildman–Crippen MR) is 95.6 cm³/mol. The zero-order valence-corrected chi connectivity index (χ0v) is 14.8. The van der Waals surface area contributed by atoms with Crippen molar-refractivity contribution in [2.45, 2.75) is 4.90 Å². The number of pyridine rings is 1. The molecule has 0 bridgehead atoms. The van der Waals surface area contributed by atoms with Crippen LogP contribution >= 0.6 is 23.2 Å². The Balaban J connectivity index is 2.03. The molecule has 0 unspecified atom stereocenters. The summed E-state index contributed by atoms with van der Waals surface area (Å²) in [5.74, 6) is -0.00887. The predicted octanol–water partition coefficient (Wildman–Crippen LogP) is 4.35. The second-order valence-corrected chi connectivity index (χ2v) is 7.35. The van der Waals surface area contributed by atoms with Gasteiger partial charge in [-0.3, -0.25) is 9.71 Å². The number of para-hydroxylation sites is 1. The van der Waals surface area contributed by atoms with Crippen LogP contribution in [-0.2, 0) is 10.0 Å². The number of halogens is 2. The molecule has 1 N–H and O–H groups in total. The molecule has 1 heterocycles. The minimum Gasteiger partial charge on any atom is -0.494 e. The van der Waals surface area contributed by atoms with Crippen LogP contribution in [0.1, 0.15) is 0 Å². The van der Waals surface area contributed by atoms with Crippen molar-refractivity contribution in [3.8, 4) is 5.75 Å². The van der Waals surface area contributed by atoms with Gasteiger partial charge in [-0.05, 0) is 24.3 Å². The molecule has 3 aromatic rings. The normalized spacial score (nSPS) is 11.5. The van der Waals surface area contributed by atoms with E-state index in [0.717, 1.165) is 10.9 Å². The quantitative estimate of drug-likeness (QED) is 0.727. The topological polar surface area (TPSA) is 68.3 Å². The van der Waals surface area contributed by atoms with Gasteiger partial charge in [0.15, 0.2) is 5.75 Å². The Morgan fingerprint density at radius 2 is 1.88 bits per heavy atom. The van der Waals surface area contributed by atoms with Crippen molar-refractivity contribution in [2.24, 2.45) is 0 Å². The lowest BCUT2D eigenvalue weighted by Gasteiger charge is -2.13. The van der Waals surface area contributed by atoms with Crippen LogP contribution in [0.15, 0.2) is 53.6 Å². The summed E-state index contributed by atoms with van der Waals surface area (Å²) in [6.45, 7) is 0. The molecular formula is C16H12Cl2N2O3S. The first-order valence-electron chi connectivity index (χ1n) is 6.82. The van der Waals surface area contributed by atoms with Gasteiger partial charge in [0.05, 0.1) is 29.5 Å². The zero-order chi connectivity index (χ0) is 17.3. The average Bonchev–Trinajstić information content (AvgIpc) is 2.56. The number of fused-ring (bicyclic) bond motifs is 1. The van der Waals surface area contributed by atoms with E-state index < -0.39 is 10.0 Å². The summed E-state index contributed by atoms with van der Waals surface area (Å²) in [4.78, 5) is 4.12. The minimum atomic E-state index is -3.92. The van der Waals surface area contributed by atoms with Gasteiger partial charge in [0.25, 0.3) is 10.0 Å². The Morgan fingerprint density at radius 3 is 2.62 bits per heavy atom. The van der Waals surface area contributed by atoms with E-state index in [1.807, 2.05) is 24.3 Å². The van der Waals surface area contributed by atoms with E-state index in [2.05, 4.69) is 9.71 Å². The summed E-state index contributed by atoms with van der Waals surface area (Å²) in [6, 6.07) is 11.8. The number of benzene rings is 2. The molecule has 0 aliphatic heterocycles. The molecule has 0 saturated heterocycles. The molecule has 1 aromatic heterocycles. The molecule has 0 radical (unpaired) electrons. The number of rotatable bonds is 4. The van der Waals surface area contributed by atoms with Crippen LogP contribution in [0.25, 0.3) is 10.9 Å². The lowest BCUT2D eigenvalue weighted by Crippen LogP contribution is -2.14. The van der Waals surface area contributed by atoms with Crippen molar-refractivity contribution in [2.75, 3.05) is 11.8 Å². The molecule has 0 spiro atoms. The molecule has 3 rings (SSSR count). The van der Waals surface area contributed by atoms with Crippen LogP contribution < -0.4 is 9.46 Å². The molecule has 0 atom stereocenters. The number of anilines is 1. The molecule has 0 aliphatic carbocycles. The van der Waals surface area contributed by atoms with E-state index in [4.69, 9.17) is 27.9 Å². The molecule has 0 fully saturated rings. The summed E-state index contributed by atoms with van der Waals surface area (Å²) >= 11 is 11.9. The van der Waals surface area contributed by atoms with Gasteiger partial charge in [-0.15, -0.1) is 0 Å². The molecular weight excluding hydrogens is 371 g/mol. The summed E-state index contributed by atoms with van der Waals surface area (Å²) in [5, 5.41) is 1.07. The number of hydrogen-bond donors (Lipinski definition) is 1. The van der Waals surface area contributed by atoms with Crippen LogP contribution in [0, 0.1) is 0 Å². The van der Waals surface area contributed by atoms with Gasteiger partial charge in [0.1, 0.15) is 9.92 Å². The second kappa shape index (κ2) is 6.47. The van der Waals surface area contributed by atoms with E-state index >= 15 is 0 Å². The van der Waals surface area contributed by atoms with Crippen LogP contribution in [-0.4, -0.2) is 20.5 Å². The highest BCUT2D eigenvalue weighted by molar-refractivity contribution is 7.92. The summed E-state index contributed by atoms with van der Waals surface area (Å²) in [5.41, 5.74) is 1.11. The van der Waals surface area contributed by atoms with Crippen LogP contribution in [0.4, 0.5) is 5.69 Å². The summed E-state index contributed by atoms with van der Waals surface area (Å²) < 4.78 is 32.9. The van der Waals surface area contributed by atoms with Crippen molar-refractivity contribution in [3.05, 3.63) is 58.7 Å². The van der Waals surface area contributed by atoms with E-state index in [0.29, 0.717) is 5.69 Å². The van der Waals surface area contributed by atoms with Crippen molar-refractivity contribution in [1.82, 2.24) is 4.98 Å². The Hall–Kier alpha value is -2.02. The third-order valence-corrected chi connectivity index (χ3v) is 5.54. The highest BCUT2D eigenvalue weighted by Crippen LogP contribution is 2.38. The first-order chi connectivity index (χ1) is 11.4. The first-order valence-corrected chi connectivity index (χ1v) is 9.06. The Labute approximate surface area is 149 Å². The highest BCUT2D eigenvalue weighted by Gasteiger charge is 2.23. The van der Waals surface area contributed by atoms with Gasteiger partial charge in [0, 0.05) is 5.39 Å². The molecule has 5 nitrogen and oxygen atoms in total. The molecule has 0 aliphatic rings. The van der Waals surface area contributed by atoms with Crippen molar-refractivity contribution in [3.63, 3.8) is 0 Å². The standard InChI is InChI=1S/C16H12Cl2N2O3S/c1-23-16-14(7-6-12(17)15(16)18)24(21,22)20-11-8-10-4-2-3-5-13(10)19-9-11/h2-9,20H,1H3. The lowest BCUT2D eigenvalue weighted by molar-refractivity contribution is 0.403. The molecule has 124 valence electrons. The minimum absolute atomic E-state index is 0.00887.